The first-order valence-corrected chi connectivity index (χ1v) is 9.15. The number of nitrogens with zero attached hydrogens (tertiary/aromatic N) is 1. The quantitative estimate of drug-likeness (QED) is 0.813. The van der Waals surface area contributed by atoms with Crippen molar-refractivity contribution in [3.63, 3.8) is 0 Å². The highest BCUT2D eigenvalue weighted by Gasteiger charge is 2.36. The van der Waals surface area contributed by atoms with Crippen molar-refractivity contribution in [1.82, 2.24) is 10.3 Å². The Labute approximate surface area is 143 Å². The zero-order valence-electron chi connectivity index (χ0n) is 14.4. The van der Waals surface area contributed by atoms with Crippen molar-refractivity contribution in [2.45, 2.75) is 63.5 Å². The van der Waals surface area contributed by atoms with Crippen LogP contribution in [0.4, 0.5) is 0 Å². The fourth-order valence-electron chi connectivity index (χ4n) is 3.88. The molecule has 132 valence electrons. The normalized spacial score (nSPS) is 26.1. The lowest BCUT2D eigenvalue weighted by atomic mass is 9.75. The molecule has 1 amide bonds. The molecule has 0 radical (unpaired) electrons. The fraction of sp³-hybridized carbons (Fsp3) is 0.684. The maximum absolute atomic E-state index is 12.8. The van der Waals surface area contributed by atoms with Crippen LogP contribution >= 0.6 is 0 Å². The number of carbonyl (C=O) groups excluding carboxylic acids is 1. The molecule has 1 aromatic heterocycles. The van der Waals surface area contributed by atoms with Crippen LogP contribution in [0.3, 0.4) is 0 Å². The molecule has 0 bridgehead atoms. The van der Waals surface area contributed by atoms with E-state index in [9.17, 15) is 9.90 Å². The number of aliphatic hydroxyl groups is 1. The van der Waals surface area contributed by atoms with Crippen molar-refractivity contribution in [3.8, 4) is 5.88 Å². The van der Waals surface area contributed by atoms with E-state index in [4.69, 9.17) is 4.74 Å². The summed E-state index contributed by atoms with van der Waals surface area (Å²) in [5.74, 6) is 1.15. The van der Waals surface area contributed by atoms with Crippen LogP contribution in [0.2, 0.25) is 0 Å². The predicted molar refractivity (Wildman–Crippen MR) is 91.6 cm³/mol. The van der Waals surface area contributed by atoms with E-state index in [0.29, 0.717) is 5.88 Å². The molecule has 0 aromatic carbocycles. The second-order valence-corrected chi connectivity index (χ2v) is 7.19. The van der Waals surface area contributed by atoms with E-state index in [1.54, 1.807) is 13.3 Å². The molecular weight excluding hydrogens is 304 g/mol. The Morgan fingerprint density at radius 3 is 2.50 bits per heavy atom. The first-order chi connectivity index (χ1) is 11.7. The molecule has 1 atom stereocenters. The number of hydrogen-bond acceptors (Lipinski definition) is 4. The molecule has 0 saturated heterocycles. The number of rotatable bonds is 5. The summed E-state index contributed by atoms with van der Waals surface area (Å²) >= 11 is 0. The van der Waals surface area contributed by atoms with Crippen LogP contribution in [0.1, 0.15) is 63.0 Å². The second kappa shape index (κ2) is 7.97. The summed E-state index contributed by atoms with van der Waals surface area (Å²) in [4.78, 5) is 17.0. The number of hydrogen-bond donors (Lipinski definition) is 2. The van der Waals surface area contributed by atoms with Gasteiger partial charge in [0.1, 0.15) is 0 Å². The first kappa shape index (κ1) is 17.2. The maximum Gasteiger partial charge on any atom is 0.223 e. The smallest absolute Gasteiger partial charge is 0.223 e. The molecule has 3 rings (SSSR count). The van der Waals surface area contributed by atoms with Gasteiger partial charge >= 0.3 is 0 Å². The molecular formula is C19H28N2O3. The molecule has 1 aromatic rings. The molecule has 2 fully saturated rings. The highest BCUT2D eigenvalue weighted by molar-refractivity contribution is 5.79. The Bertz CT molecular complexity index is 532. The lowest BCUT2D eigenvalue weighted by molar-refractivity contribution is -0.127. The molecule has 0 unspecified atom stereocenters. The van der Waals surface area contributed by atoms with Crippen LogP contribution in [-0.2, 0) is 4.79 Å². The fourth-order valence-corrected chi connectivity index (χ4v) is 3.88. The van der Waals surface area contributed by atoms with E-state index in [0.717, 1.165) is 44.1 Å². The lowest BCUT2D eigenvalue weighted by Gasteiger charge is -2.38. The molecule has 2 N–H and O–H groups in total. The van der Waals surface area contributed by atoms with Crippen LogP contribution < -0.4 is 10.1 Å². The Morgan fingerprint density at radius 2 is 1.96 bits per heavy atom. The standard InChI is InChI=1S/C19H28N2O3/c1-24-17-9-8-14(12-20-17)18(15-10-16(22)11-15)21-19(23)13-6-4-2-3-5-7-13/h8-9,12-13,15-16,18,22H,2-7,10-11H2,1H3,(H,21,23)/t15?,16?,18-/m1/s1. The van der Waals surface area contributed by atoms with Crippen molar-refractivity contribution in [1.29, 1.82) is 0 Å². The molecule has 0 aliphatic heterocycles. The number of carbonyl (C=O) groups is 1. The third-order valence-electron chi connectivity index (χ3n) is 5.47. The summed E-state index contributed by atoms with van der Waals surface area (Å²) in [6.45, 7) is 0. The van der Waals surface area contributed by atoms with Crippen molar-refractivity contribution in [2.24, 2.45) is 11.8 Å². The minimum atomic E-state index is -0.238. The van der Waals surface area contributed by atoms with Gasteiger partial charge < -0.3 is 15.2 Å². The van der Waals surface area contributed by atoms with Gasteiger partial charge in [0.15, 0.2) is 0 Å². The molecule has 0 spiro atoms. The predicted octanol–water partition coefficient (Wildman–Crippen LogP) is 2.99. The zero-order chi connectivity index (χ0) is 16.9. The van der Waals surface area contributed by atoms with Crippen LogP contribution in [0.5, 0.6) is 5.88 Å². The largest absolute Gasteiger partial charge is 0.481 e. The van der Waals surface area contributed by atoms with E-state index in [-0.39, 0.29) is 29.9 Å². The van der Waals surface area contributed by atoms with E-state index in [2.05, 4.69) is 10.3 Å². The number of pyridine rings is 1. The van der Waals surface area contributed by atoms with Crippen molar-refractivity contribution in [2.75, 3.05) is 7.11 Å². The number of amides is 1. The van der Waals surface area contributed by atoms with Gasteiger partial charge in [-0.15, -0.1) is 0 Å². The van der Waals surface area contributed by atoms with Crippen molar-refractivity contribution >= 4 is 5.91 Å². The molecule has 2 saturated carbocycles. The summed E-state index contributed by atoms with van der Waals surface area (Å²) in [6.07, 6.45) is 9.78. The highest BCUT2D eigenvalue weighted by atomic mass is 16.5. The van der Waals surface area contributed by atoms with Gasteiger partial charge in [0.25, 0.3) is 0 Å². The van der Waals surface area contributed by atoms with Crippen LogP contribution in [0.15, 0.2) is 18.3 Å². The van der Waals surface area contributed by atoms with E-state index < -0.39 is 0 Å². The highest BCUT2D eigenvalue weighted by Crippen LogP contribution is 2.38. The SMILES string of the molecule is COc1ccc([C@@H](NC(=O)C2CCCCCC2)C2CC(O)C2)cn1. The third-order valence-corrected chi connectivity index (χ3v) is 5.47. The molecule has 2 aliphatic rings. The lowest BCUT2D eigenvalue weighted by Crippen LogP contribution is -2.43. The molecule has 5 nitrogen and oxygen atoms in total. The average Bonchev–Trinajstić information content (AvgIpc) is 2.86. The van der Waals surface area contributed by atoms with Crippen LogP contribution in [0.25, 0.3) is 0 Å². The van der Waals surface area contributed by atoms with Gasteiger partial charge in [-0.25, -0.2) is 4.98 Å². The van der Waals surface area contributed by atoms with Crippen molar-refractivity contribution < 1.29 is 14.6 Å². The third kappa shape index (κ3) is 4.07. The number of methoxy groups -OCH3 is 1. The topological polar surface area (TPSA) is 71.5 Å². The minimum Gasteiger partial charge on any atom is -0.481 e. The summed E-state index contributed by atoms with van der Waals surface area (Å²) in [5.41, 5.74) is 0.995. The maximum atomic E-state index is 12.8. The van der Waals surface area contributed by atoms with E-state index in [1.807, 2.05) is 12.1 Å². The van der Waals surface area contributed by atoms with Gasteiger partial charge in [0.05, 0.1) is 19.3 Å². The summed E-state index contributed by atoms with van der Waals surface area (Å²) < 4.78 is 5.12. The van der Waals surface area contributed by atoms with Gasteiger partial charge in [-0.2, -0.15) is 0 Å². The monoisotopic (exact) mass is 332 g/mol. The minimum absolute atomic E-state index is 0.0671. The van der Waals surface area contributed by atoms with Crippen LogP contribution in [0, 0.1) is 11.8 Å². The first-order valence-electron chi connectivity index (χ1n) is 9.15. The molecule has 2 aliphatic carbocycles. The number of aromatic nitrogens is 1. The van der Waals surface area contributed by atoms with Gasteiger partial charge in [-0.05, 0) is 37.2 Å². The average molecular weight is 332 g/mol. The summed E-state index contributed by atoms with van der Waals surface area (Å²) in [7, 11) is 1.59. The van der Waals surface area contributed by atoms with Crippen LogP contribution in [-0.4, -0.2) is 29.2 Å². The number of aliphatic hydroxyl groups excluding tert-OH is 1. The van der Waals surface area contributed by atoms with E-state index >= 15 is 0 Å². The Balaban J connectivity index is 1.70. The Kier molecular flexibility index (Phi) is 5.72. The number of ether oxygens (including phenoxy) is 1. The summed E-state index contributed by atoms with van der Waals surface area (Å²) in [6, 6.07) is 3.73. The summed E-state index contributed by atoms with van der Waals surface area (Å²) in [5, 5.41) is 12.9. The van der Waals surface area contributed by atoms with Gasteiger partial charge in [0.2, 0.25) is 11.8 Å². The molecule has 24 heavy (non-hydrogen) atoms. The molecule has 5 heteroatoms. The Hall–Kier alpha value is -1.62. The van der Waals surface area contributed by atoms with Gasteiger partial charge in [0, 0.05) is 18.2 Å². The zero-order valence-corrected chi connectivity index (χ0v) is 14.4. The van der Waals surface area contributed by atoms with Gasteiger partial charge in [-0.3, -0.25) is 4.79 Å². The van der Waals surface area contributed by atoms with Crippen molar-refractivity contribution in [3.05, 3.63) is 23.9 Å². The van der Waals surface area contributed by atoms with E-state index in [1.165, 1.54) is 12.8 Å². The molecule has 1 heterocycles. The van der Waals surface area contributed by atoms with Gasteiger partial charge in [-0.1, -0.05) is 31.7 Å². The number of nitrogens with one attached hydrogen (secondary N) is 1. The Morgan fingerprint density at radius 1 is 1.25 bits per heavy atom. The second-order valence-electron chi connectivity index (χ2n) is 7.19.